The van der Waals surface area contributed by atoms with Crippen molar-refractivity contribution in [3.05, 3.63) is 0 Å². The molecule has 0 spiro atoms. The number of hydrogen-bond donors (Lipinski definition) is 1. The molecular formula is C14H33N4NiO2+. The summed E-state index contributed by atoms with van der Waals surface area (Å²) in [4.78, 5) is 9.84. The van der Waals surface area contributed by atoms with Crippen molar-refractivity contribution in [1.82, 2.24) is 19.6 Å². The Morgan fingerprint density at radius 2 is 0.714 bits per heavy atom. The predicted octanol–water partition coefficient (Wildman–Crippen LogP) is -0.675. The minimum atomic E-state index is 0. The molecule has 0 bridgehead atoms. The van der Waals surface area contributed by atoms with E-state index in [4.69, 9.17) is 10.5 Å². The van der Waals surface area contributed by atoms with Gasteiger partial charge >= 0.3 is 16.5 Å². The van der Waals surface area contributed by atoms with Crippen LogP contribution in [0.25, 0.3) is 0 Å². The maximum Gasteiger partial charge on any atom is 2.00 e. The minimum Gasteiger partial charge on any atom is -0.727 e. The van der Waals surface area contributed by atoms with Crippen LogP contribution in [0.5, 0.6) is 0 Å². The first-order valence-electron chi connectivity index (χ1n) is 7.50. The fraction of sp³-hybridized carbons (Fsp3) is 1.00. The molecule has 1 saturated heterocycles. The van der Waals surface area contributed by atoms with Gasteiger partial charge in [-0.2, -0.15) is 0 Å². The topological polar surface area (TPSA) is 56.2 Å². The summed E-state index contributed by atoms with van der Waals surface area (Å²) in [6, 6.07) is 0. The van der Waals surface area contributed by atoms with Crippen LogP contribution in [0.4, 0.5) is 0 Å². The van der Waals surface area contributed by atoms with Gasteiger partial charge in [-0.05, 0) is 67.2 Å². The first-order valence-corrected chi connectivity index (χ1v) is 7.50. The number of rotatable bonds is 0. The van der Waals surface area contributed by atoms with E-state index in [9.17, 15) is 0 Å². The molecule has 1 heterocycles. The van der Waals surface area contributed by atoms with Crippen LogP contribution in [0.3, 0.4) is 0 Å². The number of nitrogens with zero attached hydrogens (tertiary/aromatic N) is 4. The van der Waals surface area contributed by atoms with Gasteiger partial charge in [-0.3, -0.25) is 0 Å². The van der Waals surface area contributed by atoms with Gasteiger partial charge in [0.15, 0.2) is 0 Å². The molecule has 0 aromatic carbocycles. The molecule has 0 aromatic rings. The standard InChI is InChI=1S/C14H32N4.Ni.H2O2/c1-15-7-5-8-17(3)13-14-18(4)10-6-9-16(2)12-11-15;;1-2/h5-14H2,1-4H3;;1-2H/q;+2;/p-1. The summed E-state index contributed by atoms with van der Waals surface area (Å²) in [7, 11) is 8.97. The molecule has 21 heavy (non-hydrogen) atoms. The van der Waals surface area contributed by atoms with E-state index >= 15 is 0 Å². The van der Waals surface area contributed by atoms with Gasteiger partial charge in [0, 0.05) is 26.2 Å². The number of likely N-dealkylation sites (N-methyl/N-ethyl adjacent to an activating group) is 4. The van der Waals surface area contributed by atoms with Crippen molar-refractivity contribution in [2.45, 2.75) is 12.8 Å². The van der Waals surface area contributed by atoms with Crippen LogP contribution in [-0.2, 0) is 16.5 Å². The zero-order chi connectivity index (χ0) is 15.4. The van der Waals surface area contributed by atoms with E-state index in [0.29, 0.717) is 0 Å². The van der Waals surface area contributed by atoms with E-state index in [2.05, 4.69) is 47.8 Å². The third-order valence-electron chi connectivity index (χ3n) is 3.89. The maximum absolute atomic E-state index is 7.25. The molecule has 0 aliphatic carbocycles. The van der Waals surface area contributed by atoms with Crippen LogP contribution in [0.15, 0.2) is 0 Å². The molecule has 0 unspecified atom stereocenters. The second-order valence-electron chi connectivity index (χ2n) is 5.92. The Kier molecular flexibility index (Phi) is 17.0. The fourth-order valence-electron chi connectivity index (χ4n) is 2.35. The van der Waals surface area contributed by atoms with E-state index in [1.54, 1.807) is 0 Å². The van der Waals surface area contributed by atoms with Crippen LogP contribution in [0.1, 0.15) is 12.8 Å². The Morgan fingerprint density at radius 3 is 0.905 bits per heavy atom. The Bertz CT molecular complexity index is 183. The van der Waals surface area contributed by atoms with Crippen molar-refractivity contribution >= 4 is 0 Å². The first-order chi connectivity index (χ1) is 9.58. The van der Waals surface area contributed by atoms with Gasteiger partial charge in [0.2, 0.25) is 0 Å². The van der Waals surface area contributed by atoms with E-state index in [1.807, 2.05) is 0 Å². The van der Waals surface area contributed by atoms with Gasteiger partial charge in [-0.15, -0.1) is 0 Å². The molecule has 6 nitrogen and oxygen atoms in total. The molecule has 0 aromatic heterocycles. The van der Waals surface area contributed by atoms with Crippen LogP contribution in [0.2, 0.25) is 0 Å². The van der Waals surface area contributed by atoms with Gasteiger partial charge < -0.3 is 30.1 Å². The van der Waals surface area contributed by atoms with Crippen molar-refractivity contribution in [3.63, 3.8) is 0 Å². The monoisotopic (exact) mass is 347 g/mol. The molecule has 7 heteroatoms. The largest absolute Gasteiger partial charge is 2.00 e. The zero-order valence-electron chi connectivity index (χ0n) is 14.0. The molecule has 0 amide bonds. The summed E-state index contributed by atoms with van der Waals surface area (Å²) in [5.74, 6) is 0. The first kappa shape index (κ1) is 23.5. The smallest absolute Gasteiger partial charge is 0.727 e. The van der Waals surface area contributed by atoms with E-state index in [1.165, 1.54) is 65.2 Å². The van der Waals surface area contributed by atoms with Gasteiger partial charge in [-0.1, -0.05) is 0 Å². The molecule has 130 valence electrons. The van der Waals surface area contributed by atoms with E-state index in [0.717, 1.165) is 0 Å². The summed E-state index contributed by atoms with van der Waals surface area (Å²) in [6.07, 6.45) is 2.56. The summed E-state index contributed by atoms with van der Waals surface area (Å²) in [5.41, 5.74) is 0. The molecule has 1 N–H and O–H groups in total. The predicted molar refractivity (Wildman–Crippen MR) is 81.9 cm³/mol. The minimum absolute atomic E-state index is 0. The average molecular weight is 348 g/mol. The second-order valence-corrected chi connectivity index (χ2v) is 5.92. The van der Waals surface area contributed by atoms with Crippen LogP contribution >= 0.6 is 0 Å². The summed E-state index contributed by atoms with van der Waals surface area (Å²) >= 11 is 0. The number of hydrogen-bond acceptors (Lipinski definition) is 6. The zero-order valence-corrected chi connectivity index (χ0v) is 15.0. The Morgan fingerprint density at radius 1 is 0.524 bits per heavy atom. The second kappa shape index (κ2) is 15.2. The van der Waals surface area contributed by atoms with E-state index in [-0.39, 0.29) is 16.5 Å². The van der Waals surface area contributed by atoms with Crippen molar-refractivity contribution in [2.75, 3.05) is 80.5 Å². The molecule has 1 fully saturated rings. The van der Waals surface area contributed by atoms with Crippen molar-refractivity contribution < 1.29 is 27.0 Å². The Hall–Kier alpha value is 0.254. The third kappa shape index (κ3) is 13.6. The van der Waals surface area contributed by atoms with Gasteiger partial charge in [0.25, 0.3) is 0 Å². The fourth-order valence-corrected chi connectivity index (χ4v) is 2.35. The summed E-state index contributed by atoms with van der Waals surface area (Å²) < 4.78 is 0. The maximum atomic E-state index is 7.25. The van der Waals surface area contributed by atoms with Crippen LogP contribution < -0.4 is 5.26 Å². The van der Waals surface area contributed by atoms with Gasteiger partial charge in [0.1, 0.15) is 0 Å². The molecular weight excluding hydrogens is 315 g/mol. The molecule has 0 saturated carbocycles. The summed E-state index contributed by atoms with van der Waals surface area (Å²) in [6.45, 7) is 9.63. The SMILES string of the molecule is CN1CCCN(C)CCN(C)CCCN(C)CC1.[Ni+2].[O-]O. The van der Waals surface area contributed by atoms with Crippen molar-refractivity contribution in [3.8, 4) is 0 Å². The molecule has 0 atom stereocenters. The van der Waals surface area contributed by atoms with Gasteiger partial charge in [-0.25, -0.2) is 0 Å². The molecule has 1 aliphatic heterocycles. The van der Waals surface area contributed by atoms with Crippen molar-refractivity contribution in [1.29, 1.82) is 0 Å². The molecule has 0 radical (unpaired) electrons. The molecule has 1 rings (SSSR count). The molecule has 1 aliphatic rings. The van der Waals surface area contributed by atoms with Gasteiger partial charge in [0.05, 0.1) is 0 Å². The average Bonchev–Trinajstić information content (AvgIpc) is 2.44. The Labute approximate surface area is 140 Å². The summed E-state index contributed by atoms with van der Waals surface area (Å²) in [5, 5.41) is 13.0. The quantitative estimate of drug-likeness (QED) is 0.356. The Balaban J connectivity index is 0. The van der Waals surface area contributed by atoms with Crippen molar-refractivity contribution in [2.24, 2.45) is 0 Å². The van der Waals surface area contributed by atoms with E-state index < -0.39 is 0 Å². The van der Waals surface area contributed by atoms with Crippen LogP contribution in [0, 0.1) is 0 Å². The third-order valence-corrected chi connectivity index (χ3v) is 3.89. The van der Waals surface area contributed by atoms with Crippen LogP contribution in [-0.4, -0.2) is 105 Å². The normalized spacial score (nSPS) is 22.6.